The summed E-state index contributed by atoms with van der Waals surface area (Å²) in [5, 5.41) is 3.34. The zero-order valence-electron chi connectivity index (χ0n) is 11.5. The molecule has 0 saturated carbocycles. The summed E-state index contributed by atoms with van der Waals surface area (Å²) in [6.07, 6.45) is 1.39. The first-order chi connectivity index (χ1) is 9.88. The van der Waals surface area contributed by atoms with E-state index in [4.69, 9.17) is 28.9 Å². The van der Waals surface area contributed by atoms with Gasteiger partial charge in [-0.1, -0.05) is 23.2 Å². The predicted octanol–water partition coefficient (Wildman–Crippen LogP) is 3.29. The van der Waals surface area contributed by atoms with Gasteiger partial charge in [-0.2, -0.15) is 0 Å². The number of amides is 1. The Morgan fingerprint density at radius 2 is 2.00 bits per heavy atom. The summed E-state index contributed by atoms with van der Waals surface area (Å²) in [4.78, 5) is 17.9. The number of nitrogens with two attached hydrogens (primary N) is 1. The first kappa shape index (κ1) is 15.4. The fourth-order valence-corrected chi connectivity index (χ4v) is 2.31. The molecule has 0 atom stereocenters. The Kier molecular flexibility index (Phi) is 4.55. The Morgan fingerprint density at radius 3 is 2.62 bits per heavy atom. The van der Waals surface area contributed by atoms with E-state index in [1.54, 1.807) is 12.1 Å². The van der Waals surface area contributed by atoms with Crippen molar-refractivity contribution < 1.29 is 4.79 Å². The summed E-state index contributed by atoms with van der Waals surface area (Å²) in [5.74, 6) is -0.395. The van der Waals surface area contributed by atoms with Crippen LogP contribution < -0.4 is 16.0 Å². The van der Waals surface area contributed by atoms with E-state index in [-0.39, 0.29) is 10.7 Å². The summed E-state index contributed by atoms with van der Waals surface area (Å²) in [6, 6.07) is 6.72. The van der Waals surface area contributed by atoms with Crippen LogP contribution >= 0.6 is 23.2 Å². The maximum absolute atomic E-state index is 12.2. The molecule has 0 radical (unpaired) electrons. The molecule has 1 aromatic carbocycles. The Bertz CT molecular complexity index is 689. The van der Waals surface area contributed by atoms with Crippen LogP contribution in [-0.4, -0.2) is 25.0 Å². The topological polar surface area (TPSA) is 71.2 Å². The molecule has 0 aliphatic rings. The molecule has 2 rings (SSSR count). The van der Waals surface area contributed by atoms with Crippen LogP contribution in [0.25, 0.3) is 0 Å². The number of nitrogens with zero attached hydrogens (tertiary/aromatic N) is 2. The third-order valence-corrected chi connectivity index (χ3v) is 3.40. The summed E-state index contributed by atoms with van der Waals surface area (Å²) >= 11 is 12.1. The van der Waals surface area contributed by atoms with Gasteiger partial charge in [0, 0.05) is 19.8 Å². The highest BCUT2D eigenvalue weighted by molar-refractivity contribution is 6.34. The molecule has 0 spiro atoms. The molecular formula is C14H14Cl2N4O. The van der Waals surface area contributed by atoms with E-state index in [1.807, 2.05) is 25.1 Å². The third kappa shape index (κ3) is 3.56. The zero-order chi connectivity index (χ0) is 15.6. The minimum Gasteiger partial charge on any atom is -0.397 e. The van der Waals surface area contributed by atoms with E-state index in [2.05, 4.69) is 10.3 Å². The molecule has 5 nitrogen and oxygen atoms in total. The summed E-state index contributed by atoms with van der Waals surface area (Å²) in [7, 11) is 3.77. The molecule has 0 saturated heterocycles. The van der Waals surface area contributed by atoms with Gasteiger partial charge in [0.2, 0.25) is 0 Å². The van der Waals surface area contributed by atoms with E-state index in [1.165, 1.54) is 12.3 Å². The number of carbonyl (C=O) groups is 1. The van der Waals surface area contributed by atoms with E-state index in [9.17, 15) is 4.79 Å². The van der Waals surface area contributed by atoms with Crippen molar-refractivity contribution in [1.29, 1.82) is 0 Å². The number of halogens is 2. The standard InChI is InChI=1S/C14H14Cl2N4O/c1-20(2)12-4-3-9(6-11(12)15)19-14(21)10-5-8(17)7-18-13(10)16/h3-7H,17H2,1-2H3,(H,19,21). The van der Waals surface area contributed by atoms with Gasteiger partial charge < -0.3 is 16.0 Å². The molecule has 110 valence electrons. The summed E-state index contributed by atoms with van der Waals surface area (Å²) in [6.45, 7) is 0. The minimum atomic E-state index is -0.395. The normalized spacial score (nSPS) is 10.3. The van der Waals surface area contributed by atoms with Gasteiger partial charge in [0.05, 0.1) is 28.2 Å². The quantitative estimate of drug-likeness (QED) is 0.850. The highest BCUT2D eigenvalue weighted by Crippen LogP contribution is 2.28. The second-order valence-electron chi connectivity index (χ2n) is 4.62. The van der Waals surface area contributed by atoms with Crippen LogP contribution in [-0.2, 0) is 0 Å². The summed E-state index contributed by atoms with van der Waals surface area (Å²) in [5.41, 5.74) is 7.61. The van der Waals surface area contributed by atoms with E-state index in [0.29, 0.717) is 16.4 Å². The molecule has 0 aliphatic carbocycles. The number of pyridine rings is 1. The Hall–Kier alpha value is -1.98. The van der Waals surface area contributed by atoms with Crippen molar-refractivity contribution in [3.63, 3.8) is 0 Å². The van der Waals surface area contributed by atoms with Gasteiger partial charge in [-0.15, -0.1) is 0 Å². The van der Waals surface area contributed by atoms with Gasteiger partial charge in [-0.25, -0.2) is 4.98 Å². The summed E-state index contributed by atoms with van der Waals surface area (Å²) < 4.78 is 0. The lowest BCUT2D eigenvalue weighted by Gasteiger charge is -2.15. The van der Waals surface area contributed by atoms with Crippen molar-refractivity contribution in [2.24, 2.45) is 0 Å². The molecule has 1 aromatic heterocycles. The van der Waals surface area contributed by atoms with Crippen molar-refractivity contribution in [3.8, 4) is 0 Å². The number of hydrogen-bond donors (Lipinski definition) is 2. The van der Waals surface area contributed by atoms with Gasteiger partial charge in [0.25, 0.3) is 5.91 Å². The third-order valence-electron chi connectivity index (χ3n) is 2.79. The van der Waals surface area contributed by atoms with Crippen molar-refractivity contribution in [2.75, 3.05) is 30.0 Å². The van der Waals surface area contributed by atoms with Gasteiger partial charge >= 0.3 is 0 Å². The first-order valence-electron chi connectivity index (χ1n) is 6.07. The SMILES string of the molecule is CN(C)c1ccc(NC(=O)c2cc(N)cnc2Cl)cc1Cl. The number of nitrogen functional groups attached to an aromatic ring is 1. The second-order valence-corrected chi connectivity index (χ2v) is 5.39. The fraction of sp³-hybridized carbons (Fsp3) is 0.143. The second kappa shape index (κ2) is 6.20. The largest absolute Gasteiger partial charge is 0.397 e. The van der Waals surface area contributed by atoms with Crippen LogP contribution in [0.5, 0.6) is 0 Å². The van der Waals surface area contributed by atoms with Crippen LogP contribution in [0.3, 0.4) is 0 Å². The molecule has 2 aromatic rings. The smallest absolute Gasteiger partial charge is 0.258 e. The molecule has 1 amide bonds. The number of aromatic nitrogens is 1. The van der Waals surface area contributed by atoms with E-state index >= 15 is 0 Å². The fourth-order valence-electron chi connectivity index (χ4n) is 1.77. The van der Waals surface area contributed by atoms with Crippen LogP contribution in [0.15, 0.2) is 30.5 Å². The average Bonchev–Trinajstić information content (AvgIpc) is 2.41. The molecule has 0 fully saturated rings. The highest BCUT2D eigenvalue weighted by atomic mass is 35.5. The highest BCUT2D eigenvalue weighted by Gasteiger charge is 2.13. The number of benzene rings is 1. The number of carbonyl (C=O) groups excluding carboxylic acids is 1. The Labute approximate surface area is 132 Å². The predicted molar refractivity (Wildman–Crippen MR) is 87.4 cm³/mol. The van der Waals surface area contributed by atoms with Crippen LogP contribution in [0.1, 0.15) is 10.4 Å². The Balaban J connectivity index is 2.24. The van der Waals surface area contributed by atoms with E-state index < -0.39 is 5.91 Å². The molecular weight excluding hydrogens is 311 g/mol. The van der Waals surface area contributed by atoms with Gasteiger partial charge in [-0.3, -0.25) is 4.79 Å². The molecule has 0 bridgehead atoms. The number of hydrogen-bond acceptors (Lipinski definition) is 4. The van der Waals surface area contributed by atoms with Crippen molar-refractivity contribution in [3.05, 3.63) is 46.2 Å². The van der Waals surface area contributed by atoms with E-state index in [0.717, 1.165) is 5.69 Å². The molecule has 0 unspecified atom stereocenters. The van der Waals surface area contributed by atoms with Crippen molar-refractivity contribution in [1.82, 2.24) is 4.98 Å². The molecule has 3 N–H and O–H groups in total. The number of anilines is 3. The molecule has 0 aliphatic heterocycles. The lowest BCUT2D eigenvalue weighted by Crippen LogP contribution is -2.14. The molecule has 7 heteroatoms. The lowest BCUT2D eigenvalue weighted by atomic mass is 10.2. The average molecular weight is 325 g/mol. The van der Waals surface area contributed by atoms with Crippen LogP contribution in [0, 0.1) is 0 Å². The van der Waals surface area contributed by atoms with Gasteiger partial charge in [-0.05, 0) is 24.3 Å². The van der Waals surface area contributed by atoms with Gasteiger partial charge in [0.1, 0.15) is 5.15 Å². The van der Waals surface area contributed by atoms with Gasteiger partial charge in [0.15, 0.2) is 0 Å². The zero-order valence-corrected chi connectivity index (χ0v) is 13.0. The molecule has 1 heterocycles. The monoisotopic (exact) mass is 324 g/mol. The minimum absolute atomic E-state index is 0.0951. The van der Waals surface area contributed by atoms with Crippen molar-refractivity contribution in [2.45, 2.75) is 0 Å². The number of rotatable bonds is 3. The maximum atomic E-state index is 12.2. The maximum Gasteiger partial charge on any atom is 0.258 e. The first-order valence-corrected chi connectivity index (χ1v) is 6.83. The lowest BCUT2D eigenvalue weighted by molar-refractivity contribution is 0.102. The molecule has 21 heavy (non-hydrogen) atoms. The van der Waals surface area contributed by atoms with Crippen LogP contribution in [0.2, 0.25) is 10.2 Å². The number of nitrogens with one attached hydrogen (secondary N) is 1. The van der Waals surface area contributed by atoms with Crippen LogP contribution in [0.4, 0.5) is 17.1 Å². The van der Waals surface area contributed by atoms with Crippen molar-refractivity contribution >= 4 is 46.2 Å². The Morgan fingerprint density at radius 1 is 1.29 bits per heavy atom.